The monoisotopic (exact) mass is 379 g/mol. The number of halogens is 3. The molecule has 0 N–H and O–H groups in total. The molecular weight excluding hydrogens is 363 g/mol. The Balaban J connectivity index is 2.45. The molecule has 1 unspecified atom stereocenters. The maximum atomic E-state index is 13.0. The number of sulfonamides is 1. The van der Waals surface area contributed by atoms with Crippen LogP contribution in [0.15, 0.2) is 36.0 Å². The van der Waals surface area contributed by atoms with Crippen molar-refractivity contribution in [3.8, 4) is 5.75 Å². The van der Waals surface area contributed by atoms with Gasteiger partial charge in [-0.2, -0.15) is 21.6 Å². The van der Waals surface area contributed by atoms with Crippen LogP contribution in [-0.2, 0) is 19.6 Å². The third-order valence-electron chi connectivity index (χ3n) is 3.61. The summed E-state index contributed by atoms with van der Waals surface area (Å²) in [6.45, 7) is 1.56. The number of hydrogen-bond donors (Lipinski definition) is 0. The highest BCUT2D eigenvalue weighted by molar-refractivity contribution is 7.90. The van der Waals surface area contributed by atoms with Gasteiger partial charge < -0.3 is 9.47 Å². The van der Waals surface area contributed by atoms with Crippen molar-refractivity contribution >= 4 is 16.0 Å². The molecule has 25 heavy (non-hydrogen) atoms. The van der Waals surface area contributed by atoms with Crippen LogP contribution >= 0.6 is 0 Å². The van der Waals surface area contributed by atoms with Gasteiger partial charge in [-0.15, -0.1) is 0 Å². The number of hydrogen-bond acceptors (Lipinski definition) is 5. The lowest BCUT2D eigenvalue weighted by Gasteiger charge is -2.26. The molecule has 10 heteroatoms. The third-order valence-corrected chi connectivity index (χ3v) is 5.11. The van der Waals surface area contributed by atoms with E-state index >= 15 is 0 Å². The second kappa shape index (κ2) is 6.95. The van der Waals surface area contributed by atoms with E-state index in [-0.39, 0.29) is 22.9 Å². The fourth-order valence-corrected chi connectivity index (χ4v) is 3.44. The summed E-state index contributed by atoms with van der Waals surface area (Å²) in [7, 11) is -4.23. The number of rotatable bonds is 5. The Kier molecular flexibility index (Phi) is 5.31. The first-order chi connectivity index (χ1) is 11.6. The minimum absolute atomic E-state index is 0.0232. The zero-order valence-corrected chi connectivity index (χ0v) is 14.2. The van der Waals surface area contributed by atoms with Crippen LogP contribution < -0.4 is 4.74 Å². The number of alkyl halides is 3. The third kappa shape index (κ3) is 3.73. The van der Waals surface area contributed by atoms with E-state index in [1.807, 2.05) is 0 Å². The normalized spacial score (nSPS) is 18.0. The highest BCUT2D eigenvalue weighted by Gasteiger charge is 2.53. The Hall–Kier alpha value is -2.23. The molecule has 138 valence electrons. The standard InChI is InChI=1S/C15H16F3NO5S/c1-3-24-14(20)11-8-13(10-4-6-12(23-2)7-5-10)19(9-11)25(21,22)15(16,17)18/h4-7,9,13H,3,8H2,1-2H3. The maximum absolute atomic E-state index is 13.0. The minimum Gasteiger partial charge on any atom is -0.497 e. The van der Waals surface area contributed by atoms with Crippen LogP contribution in [0.2, 0.25) is 0 Å². The summed E-state index contributed by atoms with van der Waals surface area (Å²) in [5, 5.41) is 0. The topological polar surface area (TPSA) is 72.9 Å². The van der Waals surface area contributed by atoms with Gasteiger partial charge in [-0.05, 0) is 24.6 Å². The summed E-state index contributed by atoms with van der Waals surface area (Å²) in [5.41, 5.74) is -5.34. The minimum atomic E-state index is -5.65. The Bertz CT molecular complexity index is 771. The summed E-state index contributed by atoms with van der Waals surface area (Å²) in [4.78, 5) is 11.8. The molecule has 6 nitrogen and oxygen atoms in total. The molecule has 2 rings (SSSR count). The van der Waals surface area contributed by atoms with Crippen molar-refractivity contribution in [1.29, 1.82) is 0 Å². The van der Waals surface area contributed by atoms with Gasteiger partial charge in [0.25, 0.3) is 0 Å². The SMILES string of the molecule is CCOC(=O)C1=CN(S(=O)(=O)C(F)(F)F)C(c2ccc(OC)cc2)C1. The average Bonchev–Trinajstić information content (AvgIpc) is 3.00. The van der Waals surface area contributed by atoms with E-state index in [0.717, 1.165) is 0 Å². The number of esters is 1. The van der Waals surface area contributed by atoms with Gasteiger partial charge in [-0.3, -0.25) is 4.31 Å². The first-order valence-corrected chi connectivity index (χ1v) is 8.67. The molecule has 1 aliphatic heterocycles. The molecular formula is C15H16F3NO5S. The molecule has 1 atom stereocenters. The molecule has 0 aliphatic carbocycles. The molecule has 1 aromatic rings. The van der Waals surface area contributed by atoms with Crippen LogP contribution in [0.25, 0.3) is 0 Å². The summed E-state index contributed by atoms with van der Waals surface area (Å²) < 4.78 is 72.6. The van der Waals surface area contributed by atoms with Gasteiger partial charge in [0.05, 0.1) is 25.3 Å². The molecule has 0 spiro atoms. The average molecular weight is 379 g/mol. The van der Waals surface area contributed by atoms with Gasteiger partial charge in [-0.1, -0.05) is 12.1 Å². The highest BCUT2D eigenvalue weighted by atomic mass is 32.2. The zero-order valence-electron chi connectivity index (χ0n) is 13.4. The van der Waals surface area contributed by atoms with Gasteiger partial charge in [0, 0.05) is 12.6 Å². The second-order valence-corrected chi connectivity index (χ2v) is 6.98. The van der Waals surface area contributed by atoms with Gasteiger partial charge in [0.1, 0.15) is 5.75 Å². The van der Waals surface area contributed by atoms with Crippen LogP contribution in [-0.4, -0.2) is 37.9 Å². The lowest BCUT2D eigenvalue weighted by Crippen LogP contribution is -2.37. The molecule has 1 aliphatic rings. The molecule has 0 bridgehead atoms. The van der Waals surface area contributed by atoms with E-state index in [9.17, 15) is 26.4 Å². The highest BCUT2D eigenvalue weighted by Crippen LogP contribution is 2.41. The van der Waals surface area contributed by atoms with Gasteiger partial charge >= 0.3 is 21.5 Å². The van der Waals surface area contributed by atoms with Crippen molar-refractivity contribution in [3.05, 3.63) is 41.6 Å². The molecule has 0 amide bonds. The van der Waals surface area contributed by atoms with Crippen molar-refractivity contribution in [3.63, 3.8) is 0 Å². The van der Waals surface area contributed by atoms with Gasteiger partial charge in [0.15, 0.2) is 0 Å². The van der Waals surface area contributed by atoms with Crippen molar-refractivity contribution in [1.82, 2.24) is 4.31 Å². The first kappa shape index (κ1) is 19.1. The number of ether oxygens (including phenoxy) is 2. The predicted molar refractivity (Wildman–Crippen MR) is 81.9 cm³/mol. The van der Waals surface area contributed by atoms with Crippen molar-refractivity contribution in [2.45, 2.75) is 24.9 Å². The number of carbonyl (C=O) groups excluding carboxylic acids is 1. The van der Waals surface area contributed by atoms with Gasteiger partial charge in [0.2, 0.25) is 0 Å². The lowest BCUT2D eigenvalue weighted by atomic mass is 10.0. The lowest BCUT2D eigenvalue weighted by molar-refractivity contribution is -0.138. The van der Waals surface area contributed by atoms with E-state index in [2.05, 4.69) is 0 Å². The Morgan fingerprint density at radius 2 is 1.88 bits per heavy atom. The summed E-state index contributed by atoms with van der Waals surface area (Å²) in [6, 6.07) is 4.69. The van der Waals surface area contributed by atoms with E-state index in [0.29, 0.717) is 17.5 Å². The first-order valence-electron chi connectivity index (χ1n) is 7.23. The van der Waals surface area contributed by atoms with E-state index < -0.39 is 27.5 Å². The smallest absolute Gasteiger partial charge is 0.497 e. The predicted octanol–water partition coefficient (Wildman–Crippen LogP) is 2.74. The molecule has 0 radical (unpaired) electrons. The fourth-order valence-electron chi connectivity index (χ4n) is 2.40. The summed E-state index contributed by atoms with van der Waals surface area (Å²) in [6.07, 6.45) is 0.468. The number of carbonyl (C=O) groups is 1. The number of nitrogens with zero attached hydrogens (tertiary/aromatic N) is 1. The molecule has 0 aromatic heterocycles. The van der Waals surface area contributed by atoms with Crippen molar-refractivity contribution in [2.24, 2.45) is 0 Å². The number of benzene rings is 1. The summed E-state index contributed by atoms with van der Waals surface area (Å²) >= 11 is 0. The molecule has 0 saturated carbocycles. The largest absolute Gasteiger partial charge is 0.516 e. The van der Waals surface area contributed by atoms with E-state index in [4.69, 9.17) is 9.47 Å². The molecule has 0 fully saturated rings. The zero-order chi connectivity index (χ0) is 18.8. The van der Waals surface area contributed by atoms with E-state index in [1.54, 1.807) is 6.92 Å². The second-order valence-electron chi connectivity index (χ2n) is 5.15. The fraction of sp³-hybridized carbons (Fsp3) is 0.400. The molecule has 1 heterocycles. The maximum Gasteiger partial charge on any atom is 0.516 e. The van der Waals surface area contributed by atoms with E-state index in [1.165, 1.54) is 31.4 Å². The Morgan fingerprint density at radius 1 is 1.28 bits per heavy atom. The summed E-state index contributed by atoms with van der Waals surface area (Å²) in [5.74, 6) is -0.383. The Labute approximate surface area is 142 Å². The van der Waals surface area contributed by atoms with Crippen molar-refractivity contribution in [2.75, 3.05) is 13.7 Å². The number of methoxy groups -OCH3 is 1. The quantitative estimate of drug-likeness (QED) is 0.736. The van der Waals surface area contributed by atoms with Crippen LogP contribution in [0.3, 0.4) is 0 Å². The van der Waals surface area contributed by atoms with Crippen molar-refractivity contribution < 1.29 is 35.9 Å². The van der Waals surface area contributed by atoms with Crippen LogP contribution in [0, 0.1) is 0 Å². The van der Waals surface area contributed by atoms with Crippen LogP contribution in [0.1, 0.15) is 24.9 Å². The Morgan fingerprint density at radius 3 is 2.36 bits per heavy atom. The van der Waals surface area contributed by atoms with Crippen LogP contribution in [0.5, 0.6) is 5.75 Å². The van der Waals surface area contributed by atoms with Gasteiger partial charge in [-0.25, -0.2) is 4.79 Å². The molecule has 1 aromatic carbocycles. The molecule has 0 saturated heterocycles. The van der Waals surface area contributed by atoms with Crippen LogP contribution in [0.4, 0.5) is 13.2 Å².